The molecule has 0 aromatic carbocycles. The molecule has 0 heterocycles. The molecule has 0 aliphatic rings. The number of esters is 1. The Morgan fingerprint density at radius 3 is 2.31 bits per heavy atom. The Bertz CT molecular complexity index is 209. The van der Waals surface area contributed by atoms with Crippen molar-refractivity contribution >= 4 is 17.7 Å². The molecule has 2 N–H and O–H groups in total. The molecule has 0 spiro atoms. The van der Waals surface area contributed by atoms with Gasteiger partial charge in [0.2, 0.25) is 0 Å². The highest BCUT2D eigenvalue weighted by Gasteiger charge is 2.24. The van der Waals surface area contributed by atoms with Gasteiger partial charge in [-0.05, 0) is 20.1 Å². The molecule has 0 aromatic rings. The fourth-order valence-corrected chi connectivity index (χ4v) is 2.13. The Morgan fingerprint density at radius 2 is 1.94 bits per heavy atom. The molecule has 0 radical (unpaired) electrons. The lowest BCUT2D eigenvalue weighted by molar-refractivity contribution is -0.145. The van der Waals surface area contributed by atoms with Gasteiger partial charge < -0.3 is 15.2 Å². The van der Waals surface area contributed by atoms with Crippen molar-refractivity contribution < 1.29 is 14.6 Å². The third-order valence-corrected chi connectivity index (χ3v) is 4.05. The molecule has 0 aliphatic heterocycles. The van der Waals surface area contributed by atoms with Crippen LogP contribution < -0.4 is 5.32 Å². The van der Waals surface area contributed by atoms with Gasteiger partial charge in [0, 0.05) is 17.3 Å². The van der Waals surface area contributed by atoms with Crippen LogP contribution in [0.2, 0.25) is 0 Å². The second kappa shape index (κ2) is 7.92. The van der Waals surface area contributed by atoms with Gasteiger partial charge >= 0.3 is 5.97 Å². The van der Waals surface area contributed by atoms with Crippen LogP contribution >= 0.6 is 11.8 Å². The first-order valence-corrected chi connectivity index (χ1v) is 6.74. The summed E-state index contributed by atoms with van der Waals surface area (Å²) >= 11 is 1.62. The minimum absolute atomic E-state index is 0.0312. The van der Waals surface area contributed by atoms with E-state index in [0.717, 1.165) is 0 Å². The van der Waals surface area contributed by atoms with Crippen LogP contribution in [0.15, 0.2) is 0 Å². The summed E-state index contributed by atoms with van der Waals surface area (Å²) in [7, 11) is 1.40. The second-order valence-corrected chi connectivity index (χ2v) is 5.09. The Labute approximate surface area is 102 Å². The highest BCUT2D eigenvalue weighted by atomic mass is 32.2. The van der Waals surface area contributed by atoms with Gasteiger partial charge in [0.25, 0.3) is 0 Å². The Balaban J connectivity index is 4.21. The van der Waals surface area contributed by atoms with E-state index in [1.54, 1.807) is 11.8 Å². The van der Waals surface area contributed by atoms with Crippen LogP contribution in [0, 0.1) is 5.92 Å². The number of hydrogen-bond donors (Lipinski definition) is 2. The van der Waals surface area contributed by atoms with Crippen LogP contribution in [0.25, 0.3) is 0 Å². The van der Waals surface area contributed by atoms with Crippen molar-refractivity contribution in [2.24, 2.45) is 5.92 Å². The monoisotopic (exact) mass is 249 g/mol. The highest BCUT2D eigenvalue weighted by Crippen LogP contribution is 2.13. The molecular formula is C11H23NO3S. The van der Waals surface area contributed by atoms with Crippen LogP contribution in [0.3, 0.4) is 0 Å². The van der Waals surface area contributed by atoms with Crippen LogP contribution in [-0.4, -0.2) is 48.4 Å². The van der Waals surface area contributed by atoms with E-state index in [9.17, 15) is 4.79 Å². The van der Waals surface area contributed by atoms with Gasteiger partial charge in [0.05, 0.1) is 19.6 Å². The standard InChI is InChI=1S/C11H23NO3S/c1-7(11(14)15-4)8(2)12-9(3)10(6-13)16-5/h7-10,12-13H,6H2,1-5H3. The van der Waals surface area contributed by atoms with Crippen LogP contribution in [-0.2, 0) is 9.53 Å². The molecule has 0 aromatic heterocycles. The number of ether oxygens (including phenoxy) is 1. The molecule has 0 bridgehead atoms. The predicted octanol–water partition coefficient (Wildman–Crippen LogP) is 0.886. The molecule has 4 unspecified atom stereocenters. The third-order valence-electron chi connectivity index (χ3n) is 2.89. The summed E-state index contributed by atoms with van der Waals surface area (Å²) in [4.78, 5) is 11.3. The summed E-state index contributed by atoms with van der Waals surface area (Å²) in [6, 6.07) is 0.186. The lowest BCUT2D eigenvalue weighted by Crippen LogP contribution is -2.46. The topological polar surface area (TPSA) is 58.6 Å². The van der Waals surface area contributed by atoms with Gasteiger partial charge in [-0.1, -0.05) is 6.92 Å². The number of nitrogens with one attached hydrogen (secondary N) is 1. The van der Waals surface area contributed by atoms with Crippen molar-refractivity contribution in [3.63, 3.8) is 0 Å². The maximum atomic E-state index is 11.3. The number of carbonyl (C=O) groups excluding carboxylic acids is 1. The summed E-state index contributed by atoms with van der Waals surface area (Å²) in [5.41, 5.74) is 0. The second-order valence-electron chi connectivity index (χ2n) is 4.01. The van der Waals surface area contributed by atoms with Gasteiger partial charge in [-0.2, -0.15) is 11.8 Å². The molecule has 0 amide bonds. The van der Waals surface area contributed by atoms with E-state index in [1.807, 2.05) is 27.0 Å². The summed E-state index contributed by atoms with van der Waals surface area (Å²) in [5, 5.41) is 12.6. The molecule has 0 aliphatic carbocycles. The van der Waals surface area contributed by atoms with Crippen molar-refractivity contribution in [1.29, 1.82) is 0 Å². The van der Waals surface area contributed by atoms with Crippen molar-refractivity contribution in [1.82, 2.24) is 5.32 Å². The minimum atomic E-state index is -0.211. The third kappa shape index (κ3) is 4.72. The first-order chi connectivity index (χ1) is 7.47. The summed E-state index contributed by atoms with van der Waals surface area (Å²) in [6.07, 6.45) is 1.97. The number of aliphatic hydroxyl groups is 1. The molecule has 5 heteroatoms. The zero-order chi connectivity index (χ0) is 12.7. The first-order valence-electron chi connectivity index (χ1n) is 5.45. The van der Waals surface area contributed by atoms with Crippen molar-refractivity contribution in [3.8, 4) is 0 Å². The van der Waals surface area contributed by atoms with Crippen LogP contribution in [0.4, 0.5) is 0 Å². The fourth-order valence-electron chi connectivity index (χ4n) is 1.49. The molecule has 4 nitrogen and oxygen atoms in total. The average molecular weight is 249 g/mol. The number of carbonyl (C=O) groups is 1. The largest absolute Gasteiger partial charge is 0.469 e. The Morgan fingerprint density at radius 1 is 1.38 bits per heavy atom. The van der Waals surface area contributed by atoms with E-state index in [0.29, 0.717) is 0 Å². The fraction of sp³-hybridized carbons (Fsp3) is 0.909. The zero-order valence-corrected chi connectivity index (χ0v) is 11.5. The normalized spacial score (nSPS) is 18.6. The summed E-state index contributed by atoms with van der Waals surface area (Å²) in [6.45, 7) is 5.93. The lowest BCUT2D eigenvalue weighted by Gasteiger charge is -2.27. The molecule has 0 saturated carbocycles. The maximum Gasteiger partial charge on any atom is 0.309 e. The van der Waals surface area contributed by atoms with E-state index in [2.05, 4.69) is 5.32 Å². The SMILES string of the molecule is COC(=O)C(C)C(C)NC(C)C(CO)SC. The predicted molar refractivity (Wildman–Crippen MR) is 67.6 cm³/mol. The van der Waals surface area contributed by atoms with Gasteiger partial charge in [-0.3, -0.25) is 4.79 Å². The van der Waals surface area contributed by atoms with E-state index in [-0.39, 0.29) is 35.8 Å². The quantitative estimate of drug-likeness (QED) is 0.656. The number of methoxy groups -OCH3 is 1. The van der Waals surface area contributed by atoms with Crippen molar-refractivity contribution in [2.45, 2.75) is 38.1 Å². The van der Waals surface area contributed by atoms with Crippen molar-refractivity contribution in [3.05, 3.63) is 0 Å². The van der Waals surface area contributed by atoms with Gasteiger partial charge in [0.1, 0.15) is 0 Å². The molecule has 0 fully saturated rings. The molecule has 4 atom stereocenters. The number of thioether (sulfide) groups is 1. The number of rotatable bonds is 7. The Hall–Kier alpha value is -0.260. The zero-order valence-electron chi connectivity index (χ0n) is 10.7. The van der Waals surface area contributed by atoms with Gasteiger partial charge in [-0.15, -0.1) is 0 Å². The van der Waals surface area contributed by atoms with Crippen molar-refractivity contribution in [2.75, 3.05) is 20.0 Å². The summed E-state index contributed by atoms with van der Waals surface area (Å²) in [5.74, 6) is -0.398. The maximum absolute atomic E-state index is 11.3. The number of hydrogen-bond acceptors (Lipinski definition) is 5. The first kappa shape index (κ1) is 15.7. The Kier molecular flexibility index (Phi) is 7.80. The van der Waals surface area contributed by atoms with E-state index in [4.69, 9.17) is 9.84 Å². The van der Waals surface area contributed by atoms with Gasteiger partial charge in [0.15, 0.2) is 0 Å². The average Bonchev–Trinajstić information content (AvgIpc) is 2.28. The lowest BCUT2D eigenvalue weighted by atomic mass is 10.0. The molecule has 96 valence electrons. The van der Waals surface area contributed by atoms with Gasteiger partial charge in [-0.25, -0.2) is 0 Å². The van der Waals surface area contributed by atoms with Crippen LogP contribution in [0.5, 0.6) is 0 Å². The highest BCUT2D eigenvalue weighted by molar-refractivity contribution is 7.99. The van der Waals surface area contributed by atoms with E-state index < -0.39 is 0 Å². The molecule has 0 rings (SSSR count). The molecular weight excluding hydrogens is 226 g/mol. The van der Waals surface area contributed by atoms with Crippen LogP contribution in [0.1, 0.15) is 20.8 Å². The van der Waals surface area contributed by atoms with E-state index >= 15 is 0 Å². The molecule has 0 saturated heterocycles. The minimum Gasteiger partial charge on any atom is -0.469 e. The van der Waals surface area contributed by atoms with E-state index in [1.165, 1.54) is 7.11 Å². The number of aliphatic hydroxyl groups excluding tert-OH is 1. The molecule has 16 heavy (non-hydrogen) atoms. The smallest absolute Gasteiger partial charge is 0.309 e. The summed E-state index contributed by atoms with van der Waals surface area (Å²) < 4.78 is 4.69.